The Morgan fingerprint density at radius 2 is 1.59 bits per heavy atom. The molecule has 0 aromatic heterocycles. The molecule has 0 aliphatic carbocycles. The van der Waals surface area contributed by atoms with Gasteiger partial charge in [-0.05, 0) is 24.1 Å². The van der Waals surface area contributed by atoms with Crippen molar-refractivity contribution in [2.75, 3.05) is 0 Å². The van der Waals surface area contributed by atoms with E-state index in [0.29, 0.717) is 16.7 Å². The van der Waals surface area contributed by atoms with E-state index in [-0.39, 0.29) is 4.90 Å². The highest BCUT2D eigenvalue weighted by Gasteiger charge is 2.17. The summed E-state index contributed by atoms with van der Waals surface area (Å²) in [5.41, 5.74) is 1.72. The molecule has 0 atom stereocenters. The van der Waals surface area contributed by atoms with E-state index >= 15 is 0 Å². The zero-order valence-electron chi connectivity index (χ0n) is 9.00. The molecule has 0 spiro atoms. The van der Waals surface area contributed by atoms with Gasteiger partial charge in [-0.25, -0.2) is 0 Å². The average molecular weight is 247 g/mol. The van der Waals surface area contributed by atoms with E-state index in [2.05, 4.69) is 6.92 Å². The number of rotatable bonds is 2. The van der Waals surface area contributed by atoms with Gasteiger partial charge in [0.25, 0.3) is 10.1 Å². The quantitative estimate of drug-likeness (QED) is 0.830. The first-order valence-corrected chi connectivity index (χ1v) is 6.42. The van der Waals surface area contributed by atoms with Crippen molar-refractivity contribution in [3.05, 3.63) is 61.0 Å². The summed E-state index contributed by atoms with van der Waals surface area (Å²) in [6.07, 6.45) is 0. The third-order valence-electron chi connectivity index (χ3n) is 2.45. The topological polar surface area (TPSA) is 54.4 Å². The van der Waals surface area contributed by atoms with Gasteiger partial charge in [0.15, 0.2) is 0 Å². The van der Waals surface area contributed by atoms with Crippen LogP contribution in [0.25, 0.3) is 11.1 Å². The summed E-state index contributed by atoms with van der Waals surface area (Å²) in [5, 5.41) is 0. The third-order valence-corrected chi connectivity index (χ3v) is 3.35. The van der Waals surface area contributed by atoms with Crippen molar-refractivity contribution in [1.29, 1.82) is 0 Å². The second-order valence-electron chi connectivity index (χ2n) is 3.63. The summed E-state index contributed by atoms with van der Waals surface area (Å²) < 4.78 is 31.8. The summed E-state index contributed by atoms with van der Waals surface area (Å²) in [4.78, 5) is -0.115. The molecule has 0 bridgehead atoms. The molecule has 0 aliphatic heterocycles. The van der Waals surface area contributed by atoms with Crippen LogP contribution in [-0.2, 0) is 10.1 Å². The first-order chi connectivity index (χ1) is 8.00. The molecule has 87 valence electrons. The summed E-state index contributed by atoms with van der Waals surface area (Å²) in [7, 11) is -4.24. The van der Waals surface area contributed by atoms with Crippen LogP contribution in [0.1, 0.15) is 5.56 Å². The van der Waals surface area contributed by atoms with Gasteiger partial charge >= 0.3 is 0 Å². The molecule has 0 amide bonds. The van der Waals surface area contributed by atoms with Gasteiger partial charge in [-0.2, -0.15) is 8.42 Å². The predicted octanol–water partition coefficient (Wildman–Crippen LogP) is 2.78. The second kappa shape index (κ2) is 4.31. The van der Waals surface area contributed by atoms with Crippen LogP contribution < -0.4 is 0 Å². The van der Waals surface area contributed by atoms with Crippen molar-refractivity contribution in [2.45, 2.75) is 4.90 Å². The van der Waals surface area contributed by atoms with Crippen molar-refractivity contribution in [3.8, 4) is 11.1 Å². The Bertz CT molecular complexity index is 631. The molecule has 0 fully saturated rings. The van der Waals surface area contributed by atoms with Crippen LogP contribution in [0.4, 0.5) is 0 Å². The minimum absolute atomic E-state index is 0.115. The average Bonchev–Trinajstić information content (AvgIpc) is 2.28. The van der Waals surface area contributed by atoms with Crippen molar-refractivity contribution in [2.24, 2.45) is 0 Å². The SMILES string of the molecule is [CH2]c1cccc(S(=O)(=O)O)c1-c1ccccc1. The fourth-order valence-electron chi connectivity index (χ4n) is 1.72. The second-order valence-corrected chi connectivity index (χ2v) is 5.02. The summed E-state index contributed by atoms with van der Waals surface area (Å²) >= 11 is 0. The van der Waals surface area contributed by atoms with Gasteiger partial charge in [0.2, 0.25) is 0 Å². The van der Waals surface area contributed by atoms with E-state index in [1.165, 1.54) is 6.07 Å². The zero-order chi connectivity index (χ0) is 12.5. The van der Waals surface area contributed by atoms with Crippen LogP contribution in [0.5, 0.6) is 0 Å². The Labute approximate surface area is 100 Å². The largest absolute Gasteiger partial charge is 0.295 e. The van der Waals surface area contributed by atoms with E-state index < -0.39 is 10.1 Å². The standard InChI is InChI=1S/C13H11O3S/c1-10-6-5-9-12(17(14,15)16)13(10)11-7-3-2-4-8-11/h2-9H,1H2,(H,14,15,16). The van der Waals surface area contributed by atoms with Crippen LogP contribution in [0.15, 0.2) is 53.4 Å². The van der Waals surface area contributed by atoms with Gasteiger partial charge in [-0.1, -0.05) is 42.5 Å². The minimum Gasteiger partial charge on any atom is -0.282 e. The van der Waals surface area contributed by atoms with Crippen LogP contribution in [0, 0.1) is 6.92 Å². The molecule has 0 unspecified atom stereocenters. The molecule has 3 nitrogen and oxygen atoms in total. The van der Waals surface area contributed by atoms with E-state index in [1.807, 2.05) is 6.07 Å². The first-order valence-electron chi connectivity index (χ1n) is 4.98. The minimum atomic E-state index is -4.24. The summed E-state index contributed by atoms with van der Waals surface area (Å²) in [6.45, 7) is 3.80. The molecule has 2 aromatic carbocycles. The molecule has 0 heterocycles. The number of benzene rings is 2. The lowest BCUT2D eigenvalue weighted by Gasteiger charge is -2.10. The summed E-state index contributed by atoms with van der Waals surface area (Å²) in [6, 6.07) is 13.6. The number of hydrogen-bond donors (Lipinski definition) is 1. The maximum atomic E-state index is 11.3. The van der Waals surface area contributed by atoms with E-state index in [1.54, 1.807) is 36.4 Å². The maximum Gasteiger partial charge on any atom is 0.295 e. The molecule has 0 aliphatic rings. The van der Waals surface area contributed by atoms with Gasteiger partial charge in [0, 0.05) is 5.56 Å². The Hall–Kier alpha value is -1.65. The van der Waals surface area contributed by atoms with Gasteiger partial charge in [-0.15, -0.1) is 0 Å². The lowest BCUT2D eigenvalue weighted by molar-refractivity contribution is 0.483. The highest BCUT2D eigenvalue weighted by Crippen LogP contribution is 2.30. The Morgan fingerprint density at radius 3 is 2.18 bits per heavy atom. The highest BCUT2D eigenvalue weighted by molar-refractivity contribution is 7.86. The first kappa shape index (κ1) is 11.8. The van der Waals surface area contributed by atoms with Crippen molar-refractivity contribution in [1.82, 2.24) is 0 Å². The molecule has 4 heteroatoms. The molecule has 2 aromatic rings. The molecule has 0 saturated carbocycles. The molecule has 1 N–H and O–H groups in total. The number of hydrogen-bond acceptors (Lipinski definition) is 2. The predicted molar refractivity (Wildman–Crippen MR) is 66.2 cm³/mol. The molecule has 1 radical (unpaired) electrons. The molecule has 17 heavy (non-hydrogen) atoms. The van der Waals surface area contributed by atoms with Crippen LogP contribution in [-0.4, -0.2) is 13.0 Å². The van der Waals surface area contributed by atoms with Crippen molar-refractivity contribution < 1.29 is 13.0 Å². The van der Waals surface area contributed by atoms with Gasteiger partial charge in [0.1, 0.15) is 4.90 Å². The molecular weight excluding hydrogens is 236 g/mol. The van der Waals surface area contributed by atoms with Crippen molar-refractivity contribution in [3.63, 3.8) is 0 Å². The van der Waals surface area contributed by atoms with E-state index in [0.717, 1.165) is 0 Å². The smallest absolute Gasteiger partial charge is 0.282 e. The Balaban J connectivity index is 2.78. The van der Waals surface area contributed by atoms with E-state index in [9.17, 15) is 13.0 Å². The Kier molecular flexibility index (Phi) is 3.00. The third kappa shape index (κ3) is 2.38. The van der Waals surface area contributed by atoms with Crippen LogP contribution >= 0.6 is 0 Å². The van der Waals surface area contributed by atoms with Gasteiger partial charge in [0.05, 0.1) is 0 Å². The fraction of sp³-hybridized carbons (Fsp3) is 0. The van der Waals surface area contributed by atoms with E-state index in [4.69, 9.17) is 0 Å². The van der Waals surface area contributed by atoms with Gasteiger partial charge in [-0.3, -0.25) is 4.55 Å². The molecule has 0 saturated heterocycles. The molecular formula is C13H11O3S. The zero-order valence-corrected chi connectivity index (χ0v) is 9.81. The Morgan fingerprint density at radius 1 is 0.941 bits per heavy atom. The maximum absolute atomic E-state index is 11.3. The van der Waals surface area contributed by atoms with Crippen LogP contribution in [0.2, 0.25) is 0 Å². The molecule has 2 rings (SSSR count). The fourth-order valence-corrected chi connectivity index (χ4v) is 2.48. The normalized spacial score (nSPS) is 11.4. The lowest BCUT2D eigenvalue weighted by Crippen LogP contribution is -2.02. The monoisotopic (exact) mass is 247 g/mol. The lowest BCUT2D eigenvalue weighted by atomic mass is 10.0. The van der Waals surface area contributed by atoms with Gasteiger partial charge < -0.3 is 0 Å². The van der Waals surface area contributed by atoms with Crippen molar-refractivity contribution >= 4 is 10.1 Å². The highest BCUT2D eigenvalue weighted by atomic mass is 32.2. The van der Waals surface area contributed by atoms with Crippen LogP contribution in [0.3, 0.4) is 0 Å². The summed E-state index contributed by atoms with van der Waals surface area (Å²) in [5.74, 6) is 0.